The lowest BCUT2D eigenvalue weighted by Gasteiger charge is -2.24. The van der Waals surface area contributed by atoms with E-state index in [1.165, 1.54) is 29.4 Å². The van der Waals surface area contributed by atoms with E-state index in [-0.39, 0.29) is 0 Å². The minimum Gasteiger partial charge on any atom is -0.311 e. The Bertz CT molecular complexity index is 316. The summed E-state index contributed by atoms with van der Waals surface area (Å²) in [4.78, 5) is 0. The third kappa shape index (κ3) is 2.37. The van der Waals surface area contributed by atoms with Crippen LogP contribution in [0.1, 0.15) is 25.3 Å². The van der Waals surface area contributed by atoms with Crippen LogP contribution in [0, 0.1) is 0 Å². The van der Waals surface area contributed by atoms with Crippen LogP contribution in [0.15, 0.2) is 28.7 Å². The summed E-state index contributed by atoms with van der Waals surface area (Å²) < 4.78 is 1.18. The quantitative estimate of drug-likeness (QED) is 0.854. The molecule has 0 aliphatic carbocycles. The van der Waals surface area contributed by atoms with Gasteiger partial charge < -0.3 is 5.32 Å². The van der Waals surface area contributed by atoms with E-state index < -0.39 is 0 Å². The molecule has 76 valence electrons. The Morgan fingerprint density at radius 3 is 3.00 bits per heavy atom. The highest BCUT2D eigenvalue weighted by atomic mass is 79.9. The summed E-state index contributed by atoms with van der Waals surface area (Å²) >= 11 is 3.51. The number of benzene rings is 1. The van der Waals surface area contributed by atoms with E-state index >= 15 is 0 Å². The smallest absolute Gasteiger partial charge is 0.0194 e. The van der Waals surface area contributed by atoms with Crippen molar-refractivity contribution in [2.24, 2.45) is 0 Å². The highest BCUT2D eigenvalue weighted by molar-refractivity contribution is 9.10. The molecule has 1 aromatic carbocycles. The number of hydrogen-bond donors (Lipinski definition) is 1. The maximum absolute atomic E-state index is 3.59. The van der Waals surface area contributed by atoms with Gasteiger partial charge in [0.05, 0.1) is 0 Å². The van der Waals surface area contributed by atoms with Crippen molar-refractivity contribution in [3.63, 3.8) is 0 Å². The first-order valence-electron chi connectivity index (χ1n) is 5.17. The number of nitrogens with one attached hydrogen (secondary N) is 1. The Morgan fingerprint density at radius 1 is 1.50 bits per heavy atom. The molecule has 1 fully saturated rings. The summed E-state index contributed by atoms with van der Waals surface area (Å²) in [5.41, 5.74) is 1.73. The second-order valence-electron chi connectivity index (χ2n) is 4.40. The van der Waals surface area contributed by atoms with Gasteiger partial charge in [-0.2, -0.15) is 0 Å². The average Bonchev–Trinajstić information content (AvgIpc) is 2.51. The van der Waals surface area contributed by atoms with Crippen LogP contribution in [0.2, 0.25) is 0 Å². The molecule has 1 nitrogen and oxygen atoms in total. The van der Waals surface area contributed by atoms with Gasteiger partial charge in [-0.3, -0.25) is 0 Å². The van der Waals surface area contributed by atoms with Crippen LogP contribution in [0.25, 0.3) is 0 Å². The molecule has 1 heterocycles. The molecule has 0 spiro atoms. The molecular weight excluding hydrogens is 238 g/mol. The molecule has 1 N–H and O–H groups in total. The summed E-state index contributed by atoms with van der Waals surface area (Å²) in [6, 6.07) is 8.60. The lowest BCUT2D eigenvalue weighted by molar-refractivity contribution is 0.412. The SMILES string of the molecule is C[C@]1(Cc2cccc(Br)c2)CCCN1. The van der Waals surface area contributed by atoms with Gasteiger partial charge in [-0.15, -0.1) is 0 Å². The molecule has 0 saturated carbocycles. The third-order valence-electron chi connectivity index (χ3n) is 2.94. The van der Waals surface area contributed by atoms with Crippen LogP contribution in [-0.4, -0.2) is 12.1 Å². The fourth-order valence-electron chi connectivity index (χ4n) is 2.21. The van der Waals surface area contributed by atoms with Gasteiger partial charge in [0.15, 0.2) is 0 Å². The van der Waals surface area contributed by atoms with Gasteiger partial charge in [0.2, 0.25) is 0 Å². The van der Waals surface area contributed by atoms with E-state index in [9.17, 15) is 0 Å². The molecule has 1 aliphatic rings. The molecule has 1 aliphatic heterocycles. The van der Waals surface area contributed by atoms with Crippen LogP contribution >= 0.6 is 15.9 Å². The average molecular weight is 254 g/mol. The summed E-state index contributed by atoms with van der Waals surface area (Å²) in [5, 5.41) is 3.59. The summed E-state index contributed by atoms with van der Waals surface area (Å²) in [6.07, 6.45) is 3.73. The Labute approximate surface area is 94.0 Å². The first kappa shape index (κ1) is 10.2. The highest BCUT2D eigenvalue weighted by Gasteiger charge is 2.27. The number of hydrogen-bond acceptors (Lipinski definition) is 1. The Morgan fingerprint density at radius 2 is 2.36 bits per heavy atom. The van der Waals surface area contributed by atoms with Crippen molar-refractivity contribution in [2.45, 2.75) is 31.7 Å². The second-order valence-corrected chi connectivity index (χ2v) is 5.31. The lowest BCUT2D eigenvalue weighted by atomic mass is 9.91. The number of halogens is 1. The zero-order valence-electron chi connectivity index (χ0n) is 8.52. The summed E-state index contributed by atoms with van der Waals surface area (Å²) in [7, 11) is 0. The van der Waals surface area contributed by atoms with Crippen LogP contribution < -0.4 is 5.32 Å². The van der Waals surface area contributed by atoms with Crippen molar-refractivity contribution < 1.29 is 0 Å². The molecule has 0 radical (unpaired) electrons. The minimum atomic E-state index is 0.320. The Hall–Kier alpha value is -0.340. The lowest BCUT2D eigenvalue weighted by Crippen LogP contribution is -2.38. The predicted molar refractivity (Wildman–Crippen MR) is 63.5 cm³/mol. The van der Waals surface area contributed by atoms with Crippen molar-refractivity contribution in [2.75, 3.05) is 6.54 Å². The van der Waals surface area contributed by atoms with Gasteiger partial charge in [-0.1, -0.05) is 28.1 Å². The number of rotatable bonds is 2. The van der Waals surface area contributed by atoms with Gasteiger partial charge in [-0.25, -0.2) is 0 Å². The third-order valence-corrected chi connectivity index (χ3v) is 3.43. The van der Waals surface area contributed by atoms with E-state index in [1.54, 1.807) is 0 Å². The molecule has 0 amide bonds. The molecule has 1 aromatic rings. The van der Waals surface area contributed by atoms with Gasteiger partial charge >= 0.3 is 0 Å². The monoisotopic (exact) mass is 253 g/mol. The van der Waals surface area contributed by atoms with Crippen LogP contribution in [0.3, 0.4) is 0 Å². The molecule has 14 heavy (non-hydrogen) atoms. The van der Waals surface area contributed by atoms with E-state index in [1.807, 2.05) is 0 Å². The molecule has 1 saturated heterocycles. The Kier molecular flexibility index (Phi) is 2.93. The molecule has 2 heteroatoms. The van der Waals surface area contributed by atoms with E-state index in [0.717, 1.165) is 6.42 Å². The molecule has 0 aromatic heterocycles. The fraction of sp³-hybridized carbons (Fsp3) is 0.500. The maximum Gasteiger partial charge on any atom is 0.0194 e. The molecule has 2 rings (SSSR count). The van der Waals surface area contributed by atoms with Gasteiger partial charge in [0.25, 0.3) is 0 Å². The molecule has 0 unspecified atom stereocenters. The largest absolute Gasteiger partial charge is 0.311 e. The summed E-state index contributed by atoms with van der Waals surface area (Å²) in [6.45, 7) is 3.49. The van der Waals surface area contributed by atoms with Crippen molar-refractivity contribution in [1.29, 1.82) is 0 Å². The second kappa shape index (κ2) is 4.03. The molecular formula is C12H16BrN. The first-order valence-corrected chi connectivity index (χ1v) is 5.97. The normalized spacial score (nSPS) is 26.7. The van der Waals surface area contributed by atoms with E-state index in [4.69, 9.17) is 0 Å². The van der Waals surface area contributed by atoms with Crippen molar-refractivity contribution in [3.05, 3.63) is 34.3 Å². The van der Waals surface area contributed by atoms with Crippen molar-refractivity contribution in [1.82, 2.24) is 5.32 Å². The molecule has 1 atom stereocenters. The van der Waals surface area contributed by atoms with E-state index in [2.05, 4.69) is 52.4 Å². The topological polar surface area (TPSA) is 12.0 Å². The van der Waals surface area contributed by atoms with Crippen molar-refractivity contribution >= 4 is 15.9 Å². The van der Waals surface area contributed by atoms with Gasteiger partial charge in [-0.05, 0) is 50.4 Å². The highest BCUT2D eigenvalue weighted by Crippen LogP contribution is 2.24. The zero-order valence-corrected chi connectivity index (χ0v) is 10.1. The summed E-state index contributed by atoms with van der Waals surface area (Å²) in [5.74, 6) is 0. The van der Waals surface area contributed by atoms with Gasteiger partial charge in [0.1, 0.15) is 0 Å². The standard InChI is InChI=1S/C12H16BrN/c1-12(6-3-7-14-12)9-10-4-2-5-11(13)8-10/h2,4-5,8,14H,3,6-7,9H2,1H3/t12-/m1/s1. The maximum atomic E-state index is 3.59. The fourth-order valence-corrected chi connectivity index (χ4v) is 2.65. The minimum absolute atomic E-state index is 0.320. The Balaban J connectivity index is 2.10. The van der Waals surface area contributed by atoms with Crippen LogP contribution in [0.5, 0.6) is 0 Å². The first-order chi connectivity index (χ1) is 6.68. The van der Waals surface area contributed by atoms with Crippen LogP contribution in [-0.2, 0) is 6.42 Å². The van der Waals surface area contributed by atoms with Crippen molar-refractivity contribution in [3.8, 4) is 0 Å². The van der Waals surface area contributed by atoms with Crippen LogP contribution in [0.4, 0.5) is 0 Å². The predicted octanol–water partition coefficient (Wildman–Crippen LogP) is 3.13. The molecule has 0 bridgehead atoms. The van der Waals surface area contributed by atoms with E-state index in [0.29, 0.717) is 5.54 Å². The van der Waals surface area contributed by atoms with Gasteiger partial charge in [0, 0.05) is 10.0 Å². The zero-order chi connectivity index (χ0) is 10.0.